The topological polar surface area (TPSA) is 29.5 Å². The van der Waals surface area contributed by atoms with Crippen LogP contribution in [0.3, 0.4) is 0 Å². The number of hydrogen-bond acceptors (Lipinski definition) is 2. The summed E-state index contributed by atoms with van der Waals surface area (Å²) in [7, 11) is 0. The van der Waals surface area contributed by atoms with Crippen molar-refractivity contribution in [1.82, 2.24) is 4.90 Å². The third kappa shape index (κ3) is 5.99. The lowest BCUT2D eigenvalue weighted by molar-refractivity contribution is -0.139. The Labute approximate surface area is 144 Å². The molecule has 0 fully saturated rings. The number of benzene rings is 2. The maximum atomic E-state index is 12.6. The van der Waals surface area contributed by atoms with Crippen LogP contribution in [0.5, 0.6) is 5.75 Å². The van der Waals surface area contributed by atoms with Crippen LogP contribution >= 0.6 is 0 Å². The van der Waals surface area contributed by atoms with Crippen LogP contribution < -0.4 is 4.74 Å². The molecule has 0 aliphatic carbocycles. The molecule has 0 aromatic heterocycles. The minimum absolute atomic E-state index is 0.165. The molecule has 0 aliphatic rings. The molecule has 0 unspecified atom stereocenters. The third-order valence-corrected chi connectivity index (χ3v) is 3.36. The van der Waals surface area contributed by atoms with Crippen LogP contribution in [0, 0.1) is 0 Å². The van der Waals surface area contributed by atoms with Gasteiger partial charge in [0.05, 0.1) is 0 Å². The van der Waals surface area contributed by atoms with Crippen molar-refractivity contribution in [3.63, 3.8) is 0 Å². The van der Waals surface area contributed by atoms with Crippen LogP contribution in [0.4, 0.5) is 13.2 Å². The lowest BCUT2D eigenvalue weighted by atomic mass is 10.2. The van der Waals surface area contributed by atoms with Crippen molar-refractivity contribution in [2.75, 3.05) is 13.1 Å². The van der Waals surface area contributed by atoms with E-state index in [1.807, 2.05) is 30.3 Å². The molecule has 0 saturated heterocycles. The van der Waals surface area contributed by atoms with E-state index in [1.54, 1.807) is 12.1 Å². The van der Waals surface area contributed by atoms with Crippen molar-refractivity contribution >= 4 is 5.91 Å². The van der Waals surface area contributed by atoms with Gasteiger partial charge in [0.25, 0.3) is 5.91 Å². The van der Waals surface area contributed by atoms with E-state index < -0.39 is 18.6 Å². The lowest BCUT2D eigenvalue weighted by Crippen LogP contribution is -2.39. The van der Waals surface area contributed by atoms with E-state index in [0.29, 0.717) is 17.3 Å². The molecule has 25 heavy (non-hydrogen) atoms. The van der Waals surface area contributed by atoms with Crippen molar-refractivity contribution in [2.45, 2.75) is 12.8 Å². The standard InChI is InChI=1S/C19H18F3NO2/c1-2-12-23(14-19(20,21)22)18(24)16-8-10-17(11-9-16)25-13-15-6-4-3-5-7-15/h2-11H,1,12-14H2. The average molecular weight is 349 g/mol. The molecule has 1 amide bonds. The fraction of sp³-hybridized carbons (Fsp3) is 0.211. The third-order valence-electron chi connectivity index (χ3n) is 3.36. The second-order valence-corrected chi connectivity index (χ2v) is 5.39. The Morgan fingerprint density at radius 1 is 1.08 bits per heavy atom. The summed E-state index contributed by atoms with van der Waals surface area (Å²) >= 11 is 0. The molecular weight excluding hydrogens is 331 g/mol. The van der Waals surface area contributed by atoms with Crippen molar-refractivity contribution in [3.8, 4) is 5.75 Å². The predicted molar refractivity (Wildman–Crippen MR) is 89.4 cm³/mol. The monoisotopic (exact) mass is 349 g/mol. The highest BCUT2D eigenvalue weighted by Crippen LogP contribution is 2.20. The Hall–Kier alpha value is -2.76. The van der Waals surface area contributed by atoms with Gasteiger partial charge in [-0.15, -0.1) is 6.58 Å². The molecule has 3 nitrogen and oxygen atoms in total. The highest BCUT2D eigenvalue weighted by Gasteiger charge is 2.32. The molecule has 0 radical (unpaired) electrons. The molecule has 2 rings (SSSR count). The maximum absolute atomic E-state index is 12.6. The van der Waals surface area contributed by atoms with Gasteiger partial charge < -0.3 is 9.64 Å². The summed E-state index contributed by atoms with van der Waals surface area (Å²) in [5, 5.41) is 0. The molecule has 0 N–H and O–H groups in total. The Morgan fingerprint density at radius 2 is 1.72 bits per heavy atom. The van der Waals surface area contributed by atoms with E-state index in [2.05, 4.69) is 6.58 Å². The number of amides is 1. The van der Waals surface area contributed by atoms with Crippen molar-refractivity contribution < 1.29 is 22.7 Å². The highest BCUT2D eigenvalue weighted by molar-refractivity contribution is 5.94. The molecule has 0 spiro atoms. The van der Waals surface area contributed by atoms with Gasteiger partial charge in [-0.05, 0) is 29.8 Å². The van der Waals surface area contributed by atoms with E-state index in [9.17, 15) is 18.0 Å². The van der Waals surface area contributed by atoms with E-state index in [4.69, 9.17) is 4.74 Å². The second kappa shape index (κ2) is 8.37. The van der Waals surface area contributed by atoms with Gasteiger partial charge in [-0.1, -0.05) is 36.4 Å². The lowest BCUT2D eigenvalue weighted by Gasteiger charge is -2.22. The molecule has 0 bridgehead atoms. The average Bonchev–Trinajstić information content (AvgIpc) is 2.59. The first kappa shape index (κ1) is 18.6. The first-order valence-electron chi connectivity index (χ1n) is 7.63. The number of hydrogen-bond donors (Lipinski definition) is 0. The summed E-state index contributed by atoms with van der Waals surface area (Å²) in [4.78, 5) is 12.9. The number of nitrogens with zero attached hydrogens (tertiary/aromatic N) is 1. The summed E-state index contributed by atoms with van der Waals surface area (Å²) in [5.41, 5.74) is 1.16. The molecule has 0 aliphatic heterocycles. The van der Waals surface area contributed by atoms with Crippen LogP contribution in [0.15, 0.2) is 67.3 Å². The number of rotatable bonds is 7. The largest absolute Gasteiger partial charge is 0.489 e. The highest BCUT2D eigenvalue weighted by atomic mass is 19.4. The molecule has 132 valence electrons. The Bertz CT molecular complexity index is 697. The molecule has 2 aromatic carbocycles. The molecular formula is C19H18F3NO2. The molecule has 6 heteroatoms. The molecule has 0 heterocycles. The minimum Gasteiger partial charge on any atom is -0.489 e. The van der Waals surface area contributed by atoms with Gasteiger partial charge in [-0.3, -0.25) is 4.79 Å². The van der Waals surface area contributed by atoms with Gasteiger partial charge in [0.2, 0.25) is 0 Å². The fourth-order valence-electron chi connectivity index (χ4n) is 2.21. The SMILES string of the molecule is C=CCN(CC(F)(F)F)C(=O)c1ccc(OCc2ccccc2)cc1. The Balaban J connectivity index is 2.01. The van der Waals surface area contributed by atoms with Gasteiger partial charge in [-0.2, -0.15) is 13.2 Å². The zero-order chi connectivity index (χ0) is 18.3. The number of alkyl halides is 3. The van der Waals surface area contributed by atoms with Crippen LogP contribution in [-0.4, -0.2) is 30.1 Å². The first-order valence-corrected chi connectivity index (χ1v) is 7.63. The van der Waals surface area contributed by atoms with Gasteiger partial charge in [0.15, 0.2) is 0 Å². The summed E-state index contributed by atoms with van der Waals surface area (Å²) in [6.45, 7) is 2.27. The van der Waals surface area contributed by atoms with E-state index in [1.165, 1.54) is 18.2 Å². The number of carbonyl (C=O) groups excluding carboxylic acids is 1. The van der Waals surface area contributed by atoms with Crippen molar-refractivity contribution in [2.24, 2.45) is 0 Å². The molecule has 0 atom stereocenters. The fourth-order valence-corrected chi connectivity index (χ4v) is 2.21. The van der Waals surface area contributed by atoms with Crippen LogP contribution in [-0.2, 0) is 6.61 Å². The molecule has 2 aromatic rings. The van der Waals surface area contributed by atoms with Crippen LogP contribution in [0.25, 0.3) is 0 Å². The number of ether oxygens (including phenoxy) is 1. The zero-order valence-corrected chi connectivity index (χ0v) is 13.5. The molecule has 0 saturated carbocycles. The van der Waals surface area contributed by atoms with Crippen molar-refractivity contribution in [3.05, 3.63) is 78.4 Å². The second-order valence-electron chi connectivity index (χ2n) is 5.39. The van der Waals surface area contributed by atoms with E-state index in [-0.39, 0.29) is 12.1 Å². The zero-order valence-electron chi connectivity index (χ0n) is 13.5. The maximum Gasteiger partial charge on any atom is 0.406 e. The Morgan fingerprint density at radius 3 is 2.28 bits per heavy atom. The minimum atomic E-state index is -4.46. The first-order chi connectivity index (χ1) is 11.9. The quantitative estimate of drug-likeness (QED) is 0.691. The number of carbonyl (C=O) groups is 1. The van der Waals surface area contributed by atoms with Crippen molar-refractivity contribution in [1.29, 1.82) is 0 Å². The normalized spacial score (nSPS) is 11.0. The summed E-state index contributed by atoms with van der Waals surface area (Å²) in [6.07, 6.45) is -3.20. The smallest absolute Gasteiger partial charge is 0.406 e. The summed E-state index contributed by atoms with van der Waals surface area (Å²) in [5.74, 6) is -0.168. The summed E-state index contributed by atoms with van der Waals surface area (Å²) in [6, 6.07) is 15.6. The summed E-state index contributed by atoms with van der Waals surface area (Å²) < 4.78 is 43.3. The van der Waals surface area contributed by atoms with Gasteiger partial charge >= 0.3 is 6.18 Å². The van der Waals surface area contributed by atoms with E-state index >= 15 is 0 Å². The Kier molecular flexibility index (Phi) is 6.22. The van der Waals surface area contributed by atoms with Gasteiger partial charge in [0.1, 0.15) is 18.9 Å². The van der Waals surface area contributed by atoms with Gasteiger partial charge in [-0.25, -0.2) is 0 Å². The van der Waals surface area contributed by atoms with Crippen LogP contribution in [0.1, 0.15) is 15.9 Å². The van der Waals surface area contributed by atoms with E-state index in [0.717, 1.165) is 5.56 Å². The predicted octanol–water partition coefficient (Wildman–Crippen LogP) is 4.46. The van der Waals surface area contributed by atoms with Crippen LogP contribution in [0.2, 0.25) is 0 Å². The van der Waals surface area contributed by atoms with Gasteiger partial charge in [0, 0.05) is 12.1 Å². The number of halogens is 3.